The van der Waals surface area contributed by atoms with E-state index >= 15 is 0 Å². The van der Waals surface area contributed by atoms with Crippen LogP contribution in [0.2, 0.25) is 0 Å². The fraction of sp³-hybridized carbons (Fsp3) is 0.733. The summed E-state index contributed by atoms with van der Waals surface area (Å²) in [6.45, 7) is 6.14. The molecule has 1 aromatic rings. The Balaban J connectivity index is 1.91. The summed E-state index contributed by atoms with van der Waals surface area (Å²) in [4.78, 5) is 11.4. The van der Waals surface area contributed by atoms with Crippen LogP contribution in [0.3, 0.4) is 0 Å². The molecule has 1 aliphatic rings. The van der Waals surface area contributed by atoms with Crippen LogP contribution in [0.1, 0.15) is 42.0 Å². The molecule has 1 fully saturated rings. The summed E-state index contributed by atoms with van der Waals surface area (Å²) in [6.07, 6.45) is 4.98. The molecule has 1 heterocycles. The van der Waals surface area contributed by atoms with Crippen LogP contribution < -0.4 is 5.32 Å². The van der Waals surface area contributed by atoms with Crippen molar-refractivity contribution in [3.8, 4) is 0 Å². The third-order valence-electron chi connectivity index (χ3n) is 3.54. The van der Waals surface area contributed by atoms with Gasteiger partial charge in [0.05, 0.1) is 6.54 Å². The lowest BCUT2D eigenvalue weighted by atomic mass is 10.1. The first-order chi connectivity index (χ1) is 9.06. The Kier molecular flexibility index (Phi) is 4.88. The molecule has 0 radical (unpaired) electrons. The molecule has 1 N–H and O–H groups in total. The lowest BCUT2D eigenvalue weighted by Crippen LogP contribution is -2.19. The van der Waals surface area contributed by atoms with Crippen LogP contribution >= 0.6 is 0 Å². The van der Waals surface area contributed by atoms with E-state index in [1.165, 1.54) is 24.8 Å². The fourth-order valence-corrected chi connectivity index (χ4v) is 2.38. The van der Waals surface area contributed by atoms with Crippen molar-refractivity contribution < 1.29 is 0 Å². The van der Waals surface area contributed by atoms with Crippen molar-refractivity contribution in [2.45, 2.75) is 52.1 Å². The molecule has 0 saturated heterocycles. The molecule has 0 atom stereocenters. The first-order valence-corrected chi connectivity index (χ1v) is 7.27. The smallest absolute Gasteiger partial charge is 0.142 e. The van der Waals surface area contributed by atoms with Gasteiger partial charge in [0.2, 0.25) is 0 Å². The van der Waals surface area contributed by atoms with Crippen molar-refractivity contribution in [2.75, 3.05) is 20.6 Å². The monoisotopic (exact) mass is 262 g/mol. The van der Waals surface area contributed by atoms with Gasteiger partial charge in [-0.25, -0.2) is 9.97 Å². The van der Waals surface area contributed by atoms with Crippen molar-refractivity contribution in [2.24, 2.45) is 0 Å². The Morgan fingerprint density at radius 2 is 1.79 bits per heavy atom. The molecule has 4 nitrogen and oxygen atoms in total. The summed E-state index contributed by atoms with van der Waals surface area (Å²) in [6, 6.07) is 0.806. The summed E-state index contributed by atoms with van der Waals surface area (Å²) in [5, 5.41) is 3.56. The first kappa shape index (κ1) is 14.4. The van der Waals surface area contributed by atoms with Gasteiger partial charge in [0.15, 0.2) is 0 Å². The van der Waals surface area contributed by atoms with Gasteiger partial charge in [-0.1, -0.05) is 0 Å². The van der Waals surface area contributed by atoms with E-state index < -0.39 is 0 Å². The van der Waals surface area contributed by atoms with Gasteiger partial charge in [-0.3, -0.25) is 0 Å². The number of hydrogen-bond acceptors (Lipinski definition) is 4. The largest absolute Gasteiger partial charge is 0.314 e. The first-order valence-electron chi connectivity index (χ1n) is 7.27. The minimum atomic E-state index is 0.806. The zero-order valence-corrected chi connectivity index (χ0v) is 12.7. The van der Waals surface area contributed by atoms with E-state index in [1.54, 1.807) is 0 Å². The molecular formula is C15H26N4. The second-order valence-corrected chi connectivity index (χ2v) is 5.86. The number of hydrogen-bond donors (Lipinski definition) is 1. The molecule has 0 aromatic carbocycles. The van der Waals surface area contributed by atoms with Crippen molar-refractivity contribution in [1.82, 2.24) is 20.2 Å². The van der Waals surface area contributed by atoms with Gasteiger partial charge < -0.3 is 10.2 Å². The Morgan fingerprint density at radius 1 is 1.16 bits per heavy atom. The molecule has 0 amide bonds. The Labute approximate surface area is 116 Å². The second kappa shape index (κ2) is 6.44. The Bertz CT molecular complexity index is 401. The minimum Gasteiger partial charge on any atom is -0.314 e. The van der Waals surface area contributed by atoms with Crippen LogP contribution in [-0.2, 0) is 13.0 Å². The molecule has 0 aliphatic heterocycles. The summed E-state index contributed by atoms with van der Waals surface area (Å²) in [5.74, 6) is 0.930. The molecule has 106 valence electrons. The van der Waals surface area contributed by atoms with Gasteiger partial charge in [-0.2, -0.15) is 0 Å². The van der Waals surface area contributed by atoms with Gasteiger partial charge in [-0.05, 0) is 65.7 Å². The summed E-state index contributed by atoms with van der Waals surface area (Å²) < 4.78 is 0. The lowest BCUT2D eigenvalue weighted by Gasteiger charge is -2.13. The number of aryl methyl sites for hydroxylation is 2. The van der Waals surface area contributed by atoms with E-state index in [9.17, 15) is 0 Å². The number of nitrogens with one attached hydrogen (secondary N) is 1. The number of aromatic nitrogens is 2. The predicted molar refractivity (Wildman–Crippen MR) is 78.2 cm³/mol. The lowest BCUT2D eigenvalue weighted by molar-refractivity contribution is 0.389. The van der Waals surface area contributed by atoms with E-state index in [2.05, 4.69) is 34.0 Å². The van der Waals surface area contributed by atoms with Crippen molar-refractivity contribution in [1.29, 1.82) is 0 Å². The van der Waals surface area contributed by atoms with Crippen molar-refractivity contribution >= 4 is 0 Å². The topological polar surface area (TPSA) is 41.1 Å². The highest BCUT2D eigenvalue weighted by Gasteiger charge is 2.19. The van der Waals surface area contributed by atoms with Crippen molar-refractivity contribution in [3.05, 3.63) is 22.8 Å². The Morgan fingerprint density at radius 3 is 2.32 bits per heavy atom. The van der Waals surface area contributed by atoms with Crippen LogP contribution in [0.4, 0.5) is 0 Å². The maximum atomic E-state index is 4.63. The predicted octanol–water partition coefficient (Wildman–Crippen LogP) is 1.84. The van der Waals surface area contributed by atoms with E-state index in [1.807, 2.05) is 14.1 Å². The van der Waals surface area contributed by atoms with E-state index in [-0.39, 0.29) is 0 Å². The standard InChI is InChI=1S/C15H26N4/c1-11-14(6-5-9-16-13-7-8-13)12(2)18-15(17-11)10-19(3)4/h13,16H,5-10H2,1-4H3. The SMILES string of the molecule is Cc1nc(CN(C)C)nc(C)c1CCCNC1CC1. The van der Waals surface area contributed by atoms with Crippen molar-refractivity contribution in [3.63, 3.8) is 0 Å². The van der Waals surface area contributed by atoms with Crippen LogP contribution in [0.15, 0.2) is 0 Å². The molecule has 1 aromatic heterocycles. The molecule has 1 aliphatic carbocycles. The van der Waals surface area contributed by atoms with Gasteiger partial charge in [0.25, 0.3) is 0 Å². The average molecular weight is 262 g/mol. The maximum absolute atomic E-state index is 4.63. The minimum absolute atomic E-state index is 0.806. The molecular weight excluding hydrogens is 236 g/mol. The third-order valence-corrected chi connectivity index (χ3v) is 3.54. The molecule has 4 heteroatoms. The highest BCUT2D eigenvalue weighted by Crippen LogP contribution is 2.19. The molecule has 0 spiro atoms. The van der Waals surface area contributed by atoms with Crippen LogP contribution in [0.5, 0.6) is 0 Å². The van der Waals surface area contributed by atoms with Gasteiger partial charge in [0.1, 0.15) is 5.82 Å². The van der Waals surface area contributed by atoms with E-state index in [0.717, 1.165) is 42.8 Å². The third kappa shape index (κ3) is 4.55. The van der Waals surface area contributed by atoms with Gasteiger partial charge >= 0.3 is 0 Å². The number of rotatable bonds is 7. The molecule has 19 heavy (non-hydrogen) atoms. The molecule has 0 unspecified atom stereocenters. The quantitative estimate of drug-likeness (QED) is 0.761. The average Bonchev–Trinajstić information content (AvgIpc) is 3.10. The Hall–Kier alpha value is -1.00. The zero-order valence-electron chi connectivity index (χ0n) is 12.7. The van der Waals surface area contributed by atoms with Gasteiger partial charge in [0, 0.05) is 17.4 Å². The normalized spacial score (nSPS) is 15.2. The highest BCUT2D eigenvalue weighted by atomic mass is 15.1. The van der Waals surface area contributed by atoms with E-state index in [0.29, 0.717) is 0 Å². The second-order valence-electron chi connectivity index (χ2n) is 5.86. The maximum Gasteiger partial charge on any atom is 0.142 e. The van der Waals surface area contributed by atoms with Crippen LogP contribution in [0.25, 0.3) is 0 Å². The van der Waals surface area contributed by atoms with Crippen LogP contribution in [-0.4, -0.2) is 41.5 Å². The van der Waals surface area contributed by atoms with Crippen LogP contribution in [0, 0.1) is 13.8 Å². The zero-order chi connectivity index (χ0) is 13.8. The summed E-state index contributed by atoms with van der Waals surface area (Å²) >= 11 is 0. The highest BCUT2D eigenvalue weighted by molar-refractivity contribution is 5.24. The molecule has 2 rings (SSSR count). The fourth-order valence-electron chi connectivity index (χ4n) is 2.38. The number of nitrogens with zero attached hydrogens (tertiary/aromatic N) is 3. The van der Waals surface area contributed by atoms with Gasteiger partial charge in [-0.15, -0.1) is 0 Å². The van der Waals surface area contributed by atoms with E-state index in [4.69, 9.17) is 0 Å². The summed E-state index contributed by atoms with van der Waals surface area (Å²) in [7, 11) is 4.09. The summed E-state index contributed by atoms with van der Waals surface area (Å²) in [5.41, 5.74) is 3.63. The molecule has 0 bridgehead atoms. The molecule has 1 saturated carbocycles.